The number of hydrogen-bond donors (Lipinski definition) is 3. The van der Waals surface area contributed by atoms with Crippen molar-refractivity contribution < 1.29 is 28.6 Å². The molecule has 0 saturated carbocycles. The van der Waals surface area contributed by atoms with Gasteiger partial charge in [0.2, 0.25) is 5.91 Å². The third kappa shape index (κ3) is 3.92. The van der Waals surface area contributed by atoms with Gasteiger partial charge < -0.3 is 15.2 Å². The Hall–Kier alpha value is -2.75. The third-order valence-corrected chi connectivity index (χ3v) is 3.94. The van der Waals surface area contributed by atoms with Gasteiger partial charge in [0.15, 0.2) is 7.05 Å². The maximum atomic E-state index is 12.0. The molecule has 0 spiro atoms. The molecule has 0 unspecified atom stereocenters. The number of aromatic carboxylic acids is 1. The van der Waals surface area contributed by atoms with Crippen LogP contribution in [0.4, 0.5) is 5.69 Å². The number of aromatic amines is 1. The molecule has 1 aromatic heterocycles. The predicted octanol–water partition coefficient (Wildman–Crippen LogP) is 0.230. The quantitative estimate of drug-likeness (QED) is 0.507. The molecule has 0 bridgehead atoms. The lowest BCUT2D eigenvalue weighted by molar-refractivity contribution is -0.772. The van der Waals surface area contributed by atoms with Crippen molar-refractivity contribution in [2.75, 3.05) is 18.2 Å². The highest BCUT2D eigenvalue weighted by Gasteiger charge is 2.20. The molecule has 10 heteroatoms. The summed E-state index contributed by atoms with van der Waals surface area (Å²) >= 11 is 1.01. The van der Waals surface area contributed by atoms with Crippen LogP contribution in [0.2, 0.25) is 0 Å². The van der Waals surface area contributed by atoms with Crippen LogP contribution in [-0.4, -0.2) is 35.1 Å². The van der Waals surface area contributed by atoms with Gasteiger partial charge >= 0.3 is 16.6 Å². The monoisotopic (exact) mass is 340 g/mol. The highest BCUT2D eigenvalue weighted by molar-refractivity contribution is 7.99. The van der Waals surface area contributed by atoms with E-state index in [-0.39, 0.29) is 28.0 Å². The Morgan fingerprint density at radius 1 is 1.48 bits per heavy atom. The van der Waals surface area contributed by atoms with Crippen LogP contribution in [0.25, 0.3) is 0 Å². The topological polar surface area (TPSA) is 126 Å². The Morgan fingerprint density at radius 2 is 2.22 bits per heavy atom. The predicted molar refractivity (Wildman–Crippen MR) is 79.8 cm³/mol. The zero-order chi connectivity index (χ0) is 17.0. The van der Waals surface area contributed by atoms with E-state index in [1.165, 1.54) is 30.0 Å². The van der Waals surface area contributed by atoms with Crippen LogP contribution in [0.1, 0.15) is 10.4 Å². The van der Waals surface area contributed by atoms with Crippen LogP contribution in [0.3, 0.4) is 0 Å². The first kappa shape index (κ1) is 16.6. The van der Waals surface area contributed by atoms with E-state index in [4.69, 9.17) is 9.84 Å². The number of benzene rings is 1. The highest BCUT2D eigenvalue weighted by Crippen LogP contribution is 2.26. The molecule has 0 aliphatic carbocycles. The van der Waals surface area contributed by atoms with Crippen molar-refractivity contribution in [3.8, 4) is 5.75 Å². The summed E-state index contributed by atoms with van der Waals surface area (Å²) in [6, 6.07) is 4.11. The van der Waals surface area contributed by atoms with Gasteiger partial charge in [0, 0.05) is 0 Å². The fourth-order valence-corrected chi connectivity index (χ4v) is 2.47. The summed E-state index contributed by atoms with van der Waals surface area (Å²) in [6.45, 7) is 0. The smallest absolute Gasteiger partial charge is 0.441 e. The first-order chi connectivity index (χ1) is 10.9. The maximum absolute atomic E-state index is 12.0. The molecule has 9 nitrogen and oxygen atoms in total. The largest absolute Gasteiger partial charge is 0.495 e. The SMILES string of the molecule is COc1cc(C(=O)O)ccc1NC(=O)CSc1c(=O)o[nH][n+]1C. The van der Waals surface area contributed by atoms with Crippen molar-refractivity contribution in [3.05, 3.63) is 34.2 Å². The Morgan fingerprint density at radius 3 is 2.78 bits per heavy atom. The molecule has 0 atom stereocenters. The number of thioether (sulfide) groups is 1. The molecule has 0 saturated heterocycles. The van der Waals surface area contributed by atoms with Crippen molar-refractivity contribution in [1.29, 1.82) is 0 Å². The third-order valence-electron chi connectivity index (χ3n) is 2.82. The van der Waals surface area contributed by atoms with Gasteiger partial charge in [0.05, 0.1) is 24.1 Å². The number of H-pyrrole nitrogens is 1. The first-order valence-corrected chi connectivity index (χ1v) is 7.32. The van der Waals surface area contributed by atoms with Crippen LogP contribution in [0.15, 0.2) is 32.5 Å². The van der Waals surface area contributed by atoms with E-state index in [0.29, 0.717) is 5.69 Å². The lowest BCUT2D eigenvalue weighted by Gasteiger charge is -2.10. The number of carbonyl (C=O) groups excluding carboxylic acids is 1. The summed E-state index contributed by atoms with van der Waals surface area (Å²) < 4.78 is 11.0. The Balaban J connectivity index is 2.05. The number of aromatic nitrogens is 2. The number of nitrogens with zero attached hydrogens (tertiary/aromatic N) is 1. The molecule has 23 heavy (non-hydrogen) atoms. The van der Waals surface area contributed by atoms with Crippen molar-refractivity contribution in [2.45, 2.75) is 5.03 Å². The van der Waals surface area contributed by atoms with Crippen LogP contribution in [0.5, 0.6) is 5.75 Å². The van der Waals surface area contributed by atoms with Gasteiger partial charge in [-0.2, -0.15) is 0 Å². The zero-order valence-corrected chi connectivity index (χ0v) is 13.1. The van der Waals surface area contributed by atoms with E-state index in [9.17, 15) is 14.4 Å². The Labute approximate surface area is 134 Å². The number of ether oxygens (including phenoxy) is 1. The molecule has 1 heterocycles. The fourth-order valence-electron chi connectivity index (χ4n) is 1.74. The normalized spacial score (nSPS) is 10.3. The zero-order valence-electron chi connectivity index (χ0n) is 12.3. The minimum absolute atomic E-state index is 0.0275. The van der Waals surface area contributed by atoms with E-state index in [1.54, 1.807) is 7.05 Å². The summed E-state index contributed by atoms with van der Waals surface area (Å²) in [5.74, 6) is -1.27. The van der Waals surface area contributed by atoms with Gasteiger partial charge in [-0.25, -0.2) is 9.59 Å². The Kier molecular flexibility index (Phi) is 5.06. The summed E-state index contributed by atoms with van der Waals surface area (Å²) in [5.41, 5.74) is -0.173. The maximum Gasteiger partial charge on any atom is 0.441 e. The van der Waals surface area contributed by atoms with Gasteiger partial charge in [-0.1, -0.05) is 4.68 Å². The molecule has 0 radical (unpaired) electrons. The molecule has 1 amide bonds. The van der Waals surface area contributed by atoms with E-state index in [2.05, 4.69) is 15.1 Å². The van der Waals surface area contributed by atoms with E-state index < -0.39 is 11.6 Å². The number of rotatable bonds is 6. The summed E-state index contributed by atoms with van der Waals surface area (Å²) in [5, 5.41) is 14.1. The number of carbonyl (C=O) groups is 2. The van der Waals surface area contributed by atoms with Crippen LogP contribution in [-0.2, 0) is 11.8 Å². The van der Waals surface area contributed by atoms with Crippen LogP contribution >= 0.6 is 11.8 Å². The number of anilines is 1. The van der Waals surface area contributed by atoms with Crippen molar-refractivity contribution in [2.24, 2.45) is 7.05 Å². The minimum Gasteiger partial charge on any atom is -0.495 e. The van der Waals surface area contributed by atoms with E-state index >= 15 is 0 Å². The van der Waals surface area contributed by atoms with Gasteiger partial charge in [-0.15, -0.1) is 0 Å². The van der Waals surface area contributed by atoms with Crippen LogP contribution < -0.4 is 20.4 Å². The van der Waals surface area contributed by atoms with E-state index in [1.807, 2.05) is 0 Å². The molecular weight excluding hydrogens is 326 g/mol. The summed E-state index contributed by atoms with van der Waals surface area (Å²) in [6.07, 6.45) is 0. The average Bonchev–Trinajstić information content (AvgIpc) is 2.84. The lowest BCUT2D eigenvalue weighted by atomic mass is 10.2. The Bertz CT molecular complexity index is 797. The lowest BCUT2D eigenvalue weighted by Crippen LogP contribution is -2.34. The number of carboxylic acids is 1. The molecule has 122 valence electrons. The second kappa shape index (κ2) is 7.01. The van der Waals surface area contributed by atoms with Crippen LogP contribution in [0, 0.1) is 0 Å². The standard InChI is InChI=1S/C13H13N3O6S/c1-16-11(13(20)22-15-16)23-6-10(17)14-8-4-3-7(12(18)19)5-9(8)21-2/h3-5H,6H2,1-2H3,(H2-,14,15,17,18,19,20)/p+1. The van der Waals surface area contributed by atoms with Gasteiger partial charge in [0.25, 0.3) is 0 Å². The number of hydrogen-bond acceptors (Lipinski definition) is 6. The first-order valence-electron chi connectivity index (χ1n) is 6.34. The minimum atomic E-state index is -1.09. The van der Waals surface area contributed by atoms with Gasteiger partial charge in [-0.3, -0.25) is 9.32 Å². The number of aryl methyl sites for hydroxylation is 1. The summed E-state index contributed by atoms with van der Waals surface area (Å²) in [7, 11) is 2.95. The van der Waals surface area contributed by atoms with Crippen molar-refractivity contribution >= 4 is 29.3 Å². The van der Waals surface area contributed by atoms with Crippen molar-refractivity contribution in [1.82, 2.24) is 5.27 Å². The van der Waals surface area contributed by atoms with Gasteiger partial charge in [0.1, 0.15) is 5.75 Å². The number of nitrogens with one attached hydrogen (secondary N) is 2. The second-order valence-electron chi connectivity index (χ2n) is 4.40. The number of amides is 1. The number of carboxylic acid groups (broad SMARTS) is 1. The fraction of sp³-hybridized carbons (Fsp3) is 0.231. The molecule has 1 aromatic carbocycles. The van der Waals surface area contributed by atoms with Gasteiger partial charge in [-0.05, 0) is 35.2 Å². The molecule has 0 aliphatic heterocycles. The second-order valence-corrected chi connectivity index (χ2v) is 5.37. The highest BCUT2D eigenvalue weighted by atomic mass is 32.2. The van der Waals surface area contributed by atoms with E-state index in [0.717, 1.165) is 11.8 Å². The molecule has 0 fully saturated rings. The average molecular weight is 340 g/mol. The molecule has 3 N–H and O–H groups in total. The molecule has 0 aliphatic rings. The molecule has 2 aromatic rings. The summed E-state index contributed by atoms with van der Waals surface area (Å²) in [4.78, 5) is 34.2. The molecular formula is C13H14N3O6S+. The molecule has 2 rings (SSSR count). The number of methoxy groups -OCH3 is 1. The van der Waals surface area contributed by atoms with Crippen molar-refractivity contribution in [3.63, 3.8) is 0 Å².